The molecule has 0 aliphatic heterocycles. The first-order chi connectivity index (χ1) is 12.9. The summed E-state index contributed by atoms with van der Waals surface area (Å²) in [5.41, 5.74) is -1.21. The number of carbonyl (C=O) groups is 1. The highest BCUT2D eigenvalue weighted by atomic mass is 19.4. The number of amides is 2. The van der Waals surface area contributed by atoms with Crippen LogP contribution in [-0.2, 0) is 12.7 Å². The Morgan fingerprint density at radius 2 is 1.78 bits per heavy atom. The van der Waals surface area contributed by atoms with E-state index >= 15 is 0 Å². The molecule has 0 atom stereocenters. The van der Waals surface area contributed by atoms with Gasteiger partial charge in [-0.15, -0.1) is 0 Å². The SMILES string of the molecule is O=C(NCCn1ccnc1-c1ncccn1)Nc1ccccc1C(F)(F)F. The van der Waals surface area contributed by atoms with Crippen molar-refractivity contribution in [2.24, 2.45) is 0 Å². The first-order valence-corrected chi connectivity index (χ1v) is 7.95. The van der Waals surface area contributed by atoms with Crippen molar-refractivity contribution in [1.82, 2.24) is 24.8 Å². The van der Waals surface area contributed by atoms with Crippen LogP contribution in [0.1, 0.15) is 5.56 Å². The summed E-state index contributed by atoms with van der Waals surface area (Å²) in [5.74, 6) is 0.964. The lowest BCUT2D eigenvalue weighted by Gasteiger charge is -2.14. The lowest BCUT2D eigenvalue weighted by molar-refractivity contribution is -0.136. The zero-order chi connectivity index (χ0) is 19.3. The number of alkyl halides is 3. The number of benzene rings is 1. The van der Waals surface area contributed by atoms with Crippen molar-refractivity contribution in [2.45, 2.75) is 12.7 Å². The third-order valence-electron chi connectivity index (χ3n) is 3.60. The van der Waals surface area contributed by atoms with E-state index in [-0.39, 0.29) is 12.2 Å². The minimum atomic E-state index is -4.55. The quantitative estimate of drug-likeness (QED) is 0.716. The van der Waals surface area contributed by atoms with Gasteiger partial charge in [-0.05, 0) is 18.2 Å². The molecule has 1 aromatic carbocycles. The summed E-state index contributed by atoms with van der Waals surface area (Å²) in [4.78, 5) is 24.3. The van der Waals surface area contributed by atoms with E-state index in [1.54, 1.807) is 35.4 Å². The van der Waals surface area contributed by atoms with E-state index < -0.39 is 17.8 Å². The topological polar surface area (TPSA) is 84.7 Å². The average molecular weight is 376 g/mol. The molecule has 0 fully saturated rings. The third-order valence-corrected chi connectivity index (χ3v) is 3.60. The highest BCUT2D eigenvalue weighted by molar-refractivity contribution is 5.90. The number of urea groups is 1. The van der Waals surface area contributed by atoms with Crippen LogP contribution in [0.3, 0.4) is 0 Å². The molecule has 0 aliphatic carbocycles. The Kier molecular flexibility index (Phi) is 5.34. The maximum Gasteiger partial charge on any atom is 0.418 e. The zero-order valence-corrected chi connectivity index (χ0v) is 13.9. The molecule has 27 heavy (non-hydrogen) atoms. The number of aromatic nitrogens is 4. The molecule has 2 N–H and O–H groups in total. The van der Waals surface area contributed by atoms with Gasteiger partial charge in [0.1, 0.15) is 0 Å². The molecule has 0 aliphatic rings. The first kappa shape index (κ1) is 18.4. The first-order valence-electron chi connectivity index (χ1n) is 7.95. The minimum Gasteiger partial charge on any atom is -0.336 e. The molecule has 0 saturated heterocycles. The number of carbonyl (C=O) groups excluding carboxylic acids is 1. The van der Waals surface area contributed by atoms with Gasteiger partial charge in [-0.2, -0.15) is 13.2 Å². The molecule has 7 nitrogen and oxygen atoms in total. The Labute approximate surface area is 152 Å². The van der Waals surface area contributed by atoms with Crippen LogP contribution in [-0.4, -0.2) is 32.1 Å². The molecule has 3 rings (SSSR count). The molecule has 0 spiro atoms. The second kappa shape index (κ2) is 7.85. The van der Waals surface area contributed by atoms with Crippen LogP contribution in [0.2, 0.25) is 0 Å². The van der Waals surface area contributed by atoms with E-state index in [4.69, 9.17) is 0 Å². The third kappa shape index (κ3) is 4.60. The van der Waals surface area contributed by atoms with Crippen LogP contribution >= 0.6 is 0 Å². The fourth-order valence-electron chi connectivity index (χ4n) is 2.41. The van der Waals surface area contributed by atoms with Crippen molar-refractivity contribution in [3.8, 4) is 11.6 Å². The molecule has 0 saturated carbocycles. The molecule has 0 bridgehead atoms. The van der Waals surface area contributed by atoms with Gasteiger partial charge in [-0.25, -0.2) is 19.7 Å². The van der Waals surface area contributed by atoms with Crippen LogP contribution in [0.15, 0.2) is 55.1 Å². The van der Waals surface area contributed by atoms with E-state index in [0.717, 1.165) is 6.07 Å². The van der Waals surface area contributed by atoms with Gasteiger partial charge < -0.3 is 15.2 Å². The van der Waals surface area contributed by atoms with Crippen molar-refractivity contribution < 1.29 is 18.0 Å². The number of nitrogens with one attached hydrogen (secondary N) is 2. The summed E-state index contributed by atoms with van der Waals surface area (Å²) < 4.78 is 40.6. The van der Waals surface area contributed by atoms with Gasteiger partial charge in [0.15, 0.2) is 11.6 Å². The van der Waals surface area contributed by atoms with Crippen LogP contribution in [0, 0.1) is 0 Å². The minimum absolute atomic E-state index is 0.177. The summed E-state index contributed by atoms with van der Waals surface area (Å²) in [6.07, 6.45) is 1.90. The largest absolute Gasteiger partial charge is 0.418 e. The number of hydrogen-bond acceptors (Lipinski definition) is 4. The average Bonchev–Trinajstić information content (AvgIpc) is 3.10. The van der Waals surface area contributed by atoms with Gasteiger partial charge in [0.05, 0.1) is 11.3 Å². The van der Waals surface area contributed by atoms with Crippen LogP contribution in [0.25, 0.3) is 11.6 Å². The van der Waals surface area contributed by atoms with Crippen LogP contribution < -0.4 is 10.6 Å². The molecule has 2 heterocycles. The van der Waals surface area contributed by atoms with Gasteiger partial charge in [0, 0.05) is 37.9 Å². The van der Waals surface area contributed by atoms with Gasteiger partial charge in [-0.3, -0.25) is 0 Å². The second-order valence-corrected chi connectivity index (χ2v) is 5.44. The molecule has 10 heteroatoms. The number of rotatable bonds is 5. The maximum atomic E-state index is 12.9. The van der Waals surface area contributed by atoms with E-state index in [1.807, 2.05) is 0 Å². The molecule has 0 unspecified atom stereocenters. The standard InChI is InChI=1S/C17H15F3N6O/c18-17(19,20)12-4-1-2-5-13(12)25-16(27)24-9-11-26-10-8-23-15(26)14-21-6-3-7-22-14/h1-8,10H,9,11H2,(H2,24,25,27). The smallest absolute Gasteiger partial charge is 0.336 e. The van der Waals surface area contributed by atoms with Crippen LogP contribution in [0.5, 0.6) is 0 Å². The molecule has 0 radical (unpaired) electrons. The molecule has 2 aromatic heterocycles. The number of anilines is 1. The van der Waals surface area contributed by atoms with Crippen LogP contribution in [0.4, 0.5) is 23.7 Å². The Morgan fingerprint density at radius 3 is 2.52 bits per heavy atom. The number of hydrogen-bond donors (Lipinski definition) is 2. The number of nitrogens with zero attached hydrogens (tertiary/aromatic N) is 4. The molecule has 140 valence electrons. The number of imidazole rings is 1. The molecular weight excluding hydrogens is 361 g/mol. The highest BCUT2D eigenvalue weighted by Crippen LogP contribution is 2.34. The Balaban J connectivity index is 1.58. The van der Waals surface area contributed by atoms with Gasteiger partial charge in [0.25, 0.3) is 0 Å². The normalized spacial score (nSPS) is 11.2. The van der Waals surface area contributed by atoms with Crippen molar-refractivity contribution >= 4 is 11.7 Å². The second-order valence-electron chi connectivity index (χ2n) is 5.44. The Morgan fingerprint density at radius 1 is 1.04 bits per heavy atom. The van der Waals surface area contributed by atoms with Crippen molar-refractivity contribution in [3.63, 3.8) is 0 Å². The molecule has 2 amide bonds. The lowest BCUT2D eigenvalue weighted by atomic mass is 10.1. The Hall–Kier alpha value is -3.43. The monoisotopic (exact) mass is 376 g/mol. The van der Waals surface area contributed by atoms with Gasteiger partial charge >= 0.3 is 12.2 Å². The van der Waals surface area contributed by atoms with Gasteiger partial charge in [0.2, 0.25) is 0 Å². The predicted octanol–water partition coefficient (Wildman–Crippen LogP) is 3.18. The zero-order valence-electron chi connectivity index (χ0n) is 13.9. The van der Waals surface area contributed by atoms with Crippen molar-refractivity contribution in [2.75, 3.05) is 11.9 Å². The Bertz CT molecular complexity index is 910. The number of para-hydroxylation sites is 1. The van der Waals surface area contributed by atoms with E-state index in [1.165, 1.54) is 18.2 Å². The summed E-state index contributed by atoms with van der Waals surface area (Å²) in [7, 11) is 0. The maximum absolute atomic E-state index is 12.9. The van der Waals surface area contributed by atoms with E-state index in [9.17, 15) is 18.0 Å². The summed E-state index contributed by atoms with van der Waals surface area (Å²) in [5, 5.41) is 4.74. The van der Waals surface area contributed by atoms with E-state index in [0.29, 0.717) is 18.2 Å². The van der Waals surface area contributed by atoms with Crippen molar-refractivity contribution in [3.05, 3.63) is 60.7 Å². The molecular formula is C17H15F3N6O. The van der Waals surface area contributed by atoms with Crippen molar-refractivity contribution in [1.29, 1.82) is 0 Å². The fourth-order valence-corrected chi connectivity index (χ4v) is 2.41. The van der Waals surface area contributed by atoms with E-state index in [2.05, 4.69) is 25.6 Å². The highest BCUT2D eigenvalue weighted by Gasteiger charge is 2.33. The van der Waals surface area contributed by atoms with Gasteiger partial charge in [-0.1, -0.05) is 12.1 Å². The summed E-state index contributed by atoms with van der Waals surface area (Å²) in [6, 6.07) is 5.74. The number of halogens is 3. The molecule has 3 aromatic rings. The summed E-state index contributed by atoms with van der Waals surface area (Å²) in [6.45, 7) is 0.526. The fraction of sp³-hybridized carbons (Fsp3) is 0.176. The lowest BCUT2D eigenvalue weighted by Crippen LogP contribution is -2.32. The predicted molar refractivity (Wildman–Crippen MR) is 91.7 cm³/mol. The summed E-state index contributed by atoms with van der Waals surface area (Å²) >= 11 is 0.